The number of carboxylic acid groups (broad SMARTS) is 1. The lowest BCUT2D eigenvalue weighted by Gasteiger charge is -2.50. The first-order valence-electron chi connectivity index (χ1n) is 15.0. The molecule has 3 atom stereocenters. The van der Waals surface area contributed by atoms with Gasteiger partial charge in [-0.3, -0.25) is 14.1 Å². The van der Waals surface area contributed by atoms with Crippen LogP contribution in [0.5, 0.6) is 5.75 Å². The van der Waals surface area contributed by atoms with E-state index in [0.29, 0.717) is 23.8 Å². The first kappa shape index (κ1) is 35.7. The number of carbonyl (C=O) groups excluding carboxylic acids is 2. The minimum absolute atomic E-state index is 0.0664. The number of thiazole rings is 1. The number of aliphatic carboxylic acids is 1. The lowest BCUT2D eigenvalue weighted by Crippen LogP contribution is -2.76. The molecule has 0 bridgehead atoms. The molecule has 3 aromatic rings. The summed E-state index contributed by atoms with van der Waals surface area (Å²) in [5, 5.41) is 18.5. The number of amides is 2. The molecule has 7 N–H and O–H groups in total. The number of hydrogen-bond donors (Lipinski definition) is 5. The zero-order valence-corrected chi connectivity index (χ0v) is 28.7. The van der Waals surface area contributed by atoms with Gasteiger partial charge in [0.05, 0.1) is 23.8 Å². The molecular formula is C29H37N8O10S2+. The Morgan fingerprint density at radius 3 is 2.67 bits per heavy atom. The number of benzene rings is 1. The second-order valence-electron chi connectivity index (χ2n) is 12.3. The van der Waals surface area contributed by atoms with Crippen molar-refractivity contribution in [3.63, 3.8) is 0 Å². The fourth-order valence-electron chi connectivity index (χ4n) is 5.54. The fourth-order valence-corrected chi connectivity index (χ4v) is 6.54. The summed E-state index contributed by atoms with van der Waals surface area (Å²) in [5.74, 6) is -2.94. The molecule has 49 heavy (non-hydrogen) atoms. The lowest BCUT2D eigenvalue weighted by molar-refractivity contribution is -0.753. The molecule has 5 rings (SSSR count). The highest BCUT2D eigenvalue weighted by atomic mass is 32.3. The number of nitrogens with zero attached hydrogens (tertiary/aromatic N) is 5. The van der Waals surface area contributed by atoms with Crippen molar-refractivity contribution >= 4 is 50.4 Å². The number of ether oxygens (including phenoxy) is 1. The molecule has 2 amide bonds. The van der Waals surface area contributed by atoms with Crippen LogP contribution in [0, 0.1) is 0 Å². The van der Waals surface area contributed by atoms with Gasteiger partial charge in [-0.05, 0) is 69.8 Å². The zero-order valence-electron chi connectivity index (χ0n) is 27.0. The van der Waals surface area contributed by atoms with Crippen molar-refractivity contribution in [3.05, 3.63) is 47.2 Å². The van der Waals surface area contributed by atoms with Gasteiger partial charge in [-0.2, -0.15) is 18.2 Å². The smallest absolute Gasteiger partial charge is 0.418 e. The number of fused-ring (bicyclic) bond motifs is 1. The molecule has 0 radical (unpaired) electrons. The first-order valence-corrected chi connectivity index (χ1v) is 17.3. The maximum absolute atomic E-state index is 13.5. The van der Waals surface area contributed by atoms with Gasteiger partial charge in [0.2, 0.25) is 6.20 Å². The molecule has 0 aliphatic carbocycles. The highest BCUT2D eigenvalue weighted by Crippen LogP contribution is 2.37. The van der Waals surface area contributed by atoms with Crippen LogP contribution >= 0.6 is 11.3 Å². The summed E-state index contributed by atoms with van der Waals surface area (Å²) in [4.78, 5) is 48.4. The molecule has 0 saturated carbocycles. The average Bonchev–Trinajstić information content (AvgIpc) is 3.64. The molecule has 2 aromatic heterocycles. The van der Waals surface area contributed by atoms with Crippen molar-refractivity contribution in [1.29, 1.82) is 0 Å². The number of rotatable bonds is 13. The van der Waals surface area contributed by atoms with Crippen LogP contribution in [-0.2, 0) is 53.9 Å². The Labute approximate surface area is 285 Å². The minimum Gasteiger partial charge on any atom is -0.485 e. The van der Waals surface area contributed by atoms with Gasteiger partial charge in [-0.25, -0.2) is 9.78 Å². The molecular weight excluding hydrogens is 684 g/mol. The molecule has 18 nitrogen and oxygen atoms in total. The molecule has 1 fully saturated rings. The average molecular weight is 722 g/mol. The van der Waals surface area contributed by atoms with Gasteiger partial charge in [0.1, 0.15) is 17.5 Å². The SMILES string of the molecule is C[n+]1cc(-c2ccc3c(c2)CCC([C@@](C)(O/N=C(\C(=O)NC2C(=O)N(OS(=O)(=O)O)C2(C)C)c2csc(N)n2)C(=O)O)O3)cn1CCCN. The van der Waals surface area contributed by atoms with Crippen LogP contribution in [0.3, 0.4) is 0 Å². The summed E-state index contributed by atoms with van der Waals surface area (Å²) in [6, 6.07) is 4.31. The fraction of sp³-hybridized carbons (Fsp3) is 0.448. The van der Waals surface area contributed by atoms with Crippen molar-refractivity contribution in [3.8, 4) is 16.9 Å². The maximum Gasteiger partial charge on any atom is 0.418 e. The summed E-state index contributed by atoms with van der Waals surface area (Å²) in [6.45, 7) is 5.38. The number of hydroxylamine groups is 2. The Hall–Kier alpha value is -4.63. The topological polar surface area (TPSA) is 255 Å². The van der Waals surface area contributed by atoms with E-state index in [0.717, 1.165) is 41.0 Å². The quantitative estimate of drug-likeness (QED) is 0.0519. The Morgan fingerprint density at radius 2 is 2.06 bits per heavy atom. The Morgan fingerprint density at radius 1 is 1.33 bits per heavy atom. The van der Waals surface area contributed by atoms with Crippen LogP contribution in [0.4, 0.5) is 5.13 Å². The summed E-state index contributed by atoms with van der Waals surface area (Å²) in [6.07, 6.45) is 4.54. The zero-order chi connectivity index (χ0) is 35.9. The number of aryl methyl sites for hydroxylation is 3. The molecule has 4 heterocycles. The summed E-state index contributed by atoms with van der Waals surface area (Å²) < 4.78 is 45.9. The molecule has 1 saturated heterocycles. The van der Waals surface area contributed by atoms with Crippen LogP contribution in [0.2, 0.25) is 0 Å². The van der Waals surface area contributed by atoms with Crippen LogP contribution in [0.15, 0.2) is 41.1 Å². The van der Waals surface area contributed by atoms with Crippen molar-refractivity contribution < 1.29 is 51.0 Å². The summed E-state index contributed by atoms with van der Waals surface area (Å²) in [5.41, 5.74) is 10.2. The largest absolute Gasteiger partial charge is 0.485 e. The van der Waals surface area contributed by atoms with E-state index in [-0.39, 0.29) is 17.2 Å². The second kappa shape index (κ2) is 13.3. The van der Waals surface area contributed by atoms with E-state index in [2.05, 4.69) is 24.4 Å². The third-order valence-electron chi connectivity index (χ3n) is 8.42. The van der Waals surface area contributed by atoms with Crippen LogP contribution in [0.25, 0.3) is 11.1 Å². The summed E-state index contributed by atoms with van der Waals surface area (Å²) in [7, 11) is -3.08. The first-order chi connectivity index (χ1) is 22.9. The van der Waals surface area contributed by atoms with Crippen molar-refractivity contribution in [2.75, 3.05) is 12.3 Å². The number of nitrogens with two attached hydrogens (primary N) is 2. The third kappa shape index (κ3) is 7.22. The molecule has 0 spiro atoms. The van der Waals surface area contributed by atoms with Crippen LogP contribution in [-0.4, -0.2) is 86.1 Å². The van der Waals surface area contributed by atoms with Crippen LogP contribution < -0.4 is 26.2 Å². The lowest BCUT2D eigenvalue weighted by atomic mass is 9.84. The number of oxime groups is 1. The number of nitrogens with one attached hydrogen (secondary N) is 1. The number of hydrogen-bond acceptors (Lipinski definition) is 13. The predicted molar refractivity (Wildman–Crippen MR) is 173 cm³/mol. The van der Waals surface area contributed by atoms with Gasteiger partial charge in [-0.15, -0.1) is 20.3 Å². The Balaban J connectivity index is 1.36. The number of carboxylic acids is 1. The normalized spacial score (nSPS) is 20.1. The number of nitrogen functional groups attached to an aromatic ring is 1. The Bertz CT molecular complexity index is 1920. The maximum atomic E-state index is 13.5. The number of anilines is 1. The van der Waals surface area contributed by atoms with Gasteiger partial charge < -0.3 is 31.5 Å². The highest BCUT2D eigenvalue weighted by molar-refractivity contribution is 7.80. The molecule has 2 aliphatic rings. The van der Waals surface area contributed by atoms with Crippen molar-refractivity contribution in [1.82, 2.24) is 20.0 Å². The second-order valence-corrected chi connectivity index (χ2v) is 14.2. The van der Waals surface area contributed by atoms with Gasteiger partial charge in [0.15, 0.2) is 24.0 Å². The third-order valence-corrected chi connectivity index (χ3v) is 9.43. The van der Waals surface area contributed by atoms with Crippen molar-refractivity contribution in [2.24, 2.45) is 17.9 Å². The van der Waals surface area contributed by atoms with E-state index >= 15 is 0 Å². The predicted octanol–water partition coefficient (Wildman–Crippen LogP) is 0.165. The van der Waals surface area contributed by atoms with E-state index in [1.165, 1.54) is 26.2 Å². The van der Waals surface area contributed by atoms with Gasteiger partial charge in [-0.1, -0.05) is 11.2 Å². The molecule has 2 aliphatic heterocycles. The Kier molecular flexibility index (Phi) is 9.72. The van der Waals surface area contributed by atoms with E-state index in [1.807, 2.05) is 36.3 Å². The number of aromatic nitrogens is 3. The number of β-lactam (4-membered cyclic amide) rings is 1. The van der Waals surface area contributed by atoms with E-state index in [1.54, 1.807) is 6.07 Å². The monoisotopic (exact) mass is 721 g/mol. The van der Waals surface area contributed by atoms with Gasteiger partial charge in [0.25, 0.3) is 17.4 Å². The highest BCUT2D eigenvalue weighted by Gasteiger charge is 2.58. The molecule has 1 aromatic carbocycles. The molecule has 2 unspecified atom stereocenters. The molecule has 20 heteroatoms. The van der Waals surface area contributed by atoms with Gasteiger partial charge in [0, 0.05) is 5.38 Å². The molecule has 264 valence electrons. The van der Waals surface area contributed by atoms with E-state index in [9.17, 15) is 27.9 Å². The van der Waals surface area contributed by atoms with Crippen molar-refractivity contribution in [2.45, 2.75) is 69.9 Å². The summed E-state index contributed by atoms with van der Waals surface area (Å²) >= 11 is 0.973. The minimum atomic E-state index is -5.02. The van der Waals surface area contributed by atoms with E-state index in [4.69, 9.17) is 25.6 Å². The van der Waals surface area contributed by atoms with Crippen LogP contribution in [0.1, 0.15) is 44.9 Å². The number of carbonyl (C=O) groups is 3. The van der Waals surface area contributed by atoms with E-state index < -0.39 is 57.2 Å². The van der Waals surface area contributed by atoms with Gasteiger partial charge >= 0.3 is 16.4 Å². The standard InChI is InChI=1S/C29H36N8O10S2/c1-28(2)23(25(39)37(28)47-49(42,43)44)33-24(38)22(19-15-48-27(31)32-19)34-46-29(3,26(40)41)21-9-7-17-12-16(6-8-20(17)45-21)18-13-35(4)36(14-18)11-5-10-30/h6,8,12-15,21,23H,5,7,9-11,30H2,1-4H3,(H4-,31,32,33,38,40,41,42,43,44)/p+1/b34-22-/t21?,23?,29-/m1/s1.